The van der Waals surface area contributed by atoms with E-state index in [0.29, 0.717) is 28.4 Å². The van der Waals surface area contributed by atoms with Crippen molar-refractivity contribution < 1.29 is 4.79 Å². The van der Waals surface area contributed by atoms with Crippen LogP contribution in [-0.4, -0.2) is 28.9 Å². The highest BCUT2D eigenvalue weighted by atomic mass is 35.5. The van der Waals surface area contributed by atoms with Gasteiger partial charge in [0.2, 0.25) is 0 Å². The number of hydrogen-bond acceptors (Lipinski definition) is 3. The fourth-order valence-electron chi connectivity index (χ4n) is 2.22. The van der Waals surface area contributed by atoms with Gasteiger partial charge in [-0.2, -0.15) is 0 Å². The lowest BCUT2D eigenvalue weighted by molar-refractivity contribution is 0.0734. The fourth-order valence-corrected chi connectivity index (χ4v) is 2.41. The van der Waals surface area contributed by atoms with Crippen LogP contribution in [0.4, 0.5) is 5.82 Å². The summed E-state index contributed by atoms with van der Waals surface area (Å²) in [5.74, 6) is 1.60. The first kappa shape index (κ1) is 12.7. The van der Waals surface area contributed by atoms with Gasteiger partial charge in [-0.3, -0.25) is 4.79 Å². The van der Waals surface area contributed by atoms with E-state index in [2.05, 4.69) is 4.98 Å². The quantitative estimate of drug-likeness (QED) is 0.901. The van der Waals surface area contributed by atoms with Crippen LogP contribution in [0, 0.1) is 11.8 Å². The standard InChI is InChI=1S/C14H18ClN3O/c15-11-5-6-12(16)17-13(11)14(19)18(7-9-1-2-9)8-10-3-4-10/h5-6,9-10H,1-4,7-8H2,(H2,16,17). The Bertz CT molecular complexity index is 483. The molecular weight excluding hydrogens is 262 g/mol. The summed E-state index contributed by atoms with van der Waals surface area (Å²) >= 11 is 6.07. The second kappa shape index (κ2) is 5.00. The topological polar surface area (TPSA) is 59.2 Å². The Hall–Kier alpha value is -1.29. The predicted molar refractivity (Wildman–Crippen MR) is 75.0 cm³/mol. The van der Waals surface area contributed by atoms with Gasteiger partial charge in [-0.1, -0.05) is 11.6 Å². The number of carbonyl (C=O) groups is 1. The molecule has 0 atom stereocenters. The molecular formula is C14H18ClN3O. The molecule has 2 aliphatic rings. The first-order chi connectivity index (χ1) is 9.13. The number of pyridine rings is 1. The molecule has 1 amide bonds. The number of anilines is 1. The minimum absolute atomic E-state index is 0.0731. The lowest BCUT2D eigenvalue weighted by atomic mass is 10.2. The summed E-state index contributed by atoms with van der Waals surface area (Å²) < 4.78 is 0. The predicted octanol–water partition coefficient (Wildman–Crippen LogP) is 2.58. The summed E-state index contributed by atoms with van der Waals surface area (Å²) in [6.07, 6.45) is 4.91. The van der Waals surface area contributed by atoms with Crippen LogP contribution in [0.3, 0.4) is 0 Å². The van der Waals surface area contributed by atoms with E-state index in [1.165, 1.54) is 25.7 Å². The highest BCUT2D eigenvalue weighted by Crippen LogP contribution is 2.34. The van der Waals surface area contributed by atoms with Crippen molar-refractivity contribution in [1.29, 1.82) is 0 Å². The molecule has 2 aliphatic carbocycles. The number of nitrogens with zero attached hydrogens (tertiary/aromatic N) is 2. The van der Waals surface area contributed by atoms with Crippen LogP contribution >= 0.6 is 11.6 Å². The lowest BCUT2D eigenvalue weighted by Gasteiger charge is -2.22. The maximum Gasteiger partial charge on any atom is 0.274 e. The van der Waals surface area contributed by atoms with Gasteiger partial charge in [-0.05, 0) is 49.7 Å². The molecule has 1 heterocycles. The van der Waals surface area contributed by atoms with E-state index in [0.717, 1.165) is 13.1 Å². The Morgan fingerprint density at radius 2 is 1.84 bits per heavy atom. The Labute approximate surface area is 117 Å². The number of carbonyl (C=O) groups excluding carboxylic acids is 1. The average molecular weight is 280 g/mol. The third-order valence-electron chi connectivity index (χ3n) is 3.71. The number of hydrogen-bond donors (Lipinski definition) is 1. The fraction of sp³-hybridized carbons (Fsp3) is 0.571. The van der Waals surface area contributed by atoms with Crippen molar-refractivity contribution >= 4 is 23.3 Å². The van der Waals surface area contributed by atoms with Crippen LogP contribution in [0.15, 0.2) is 12.1 Å². The molecule has 0 unspecified atom stereocenters. The molecule has 5 heteroatoms. The van der Waals surface area contributed by atoms with Crippen LogP contribution in [0.5, 0.6) is 0 Å². The number of nitrogen functional groups attached to an aromatic ring is 1. The number of aromatic nitrogens is 1. The minimum Gasteiger partial charge on any atom is -0.384 e. The van der Waals surface area contributed by atoms with E-state index in [1.807, 2.05) is 4.90 Å². The highest BCUT2D eigenvalue weighted by Gasteiger charge is 2.32. The maximum atomic E-state index is 12.6. The van der Waals surface area contributed by atoms with E-state index >= 15 is 0 Å². The monoisotopic (exact) mass is 279 g/mol. The molecule has 0 bridgehead atoms. The third kappa shape index (κ3) is 3.18. The second-order valence-corrected chi connectivity index (χ2v) is 6.07. The van der Waals surface area contributed by atoms with Gasteiger partial charge in [0, 0.05) is 13.1 Å². The molecule has 3 rings (SSSR count). The molecule has 102 valence electrons. The summed E-state index contributed by atoms with van der Waals surface area (Å²) in [5.41, 5.74) is 5.95. The van der Waals surface area contributed by atoms with Gasteiger partial charge in [0.25, 0.3) is 5.91 Å². The molecule has 0 radical (unpaired) electrons. The molecule has 2 N–H and O–H groups in total. The summed E-state index contributed by atoms with van der Waals surface area (Å²) in [6, 6.07) is 3.26. The largest absolute Gasteiger partial charge is 0.384 e. The Morgan fingerprint density at radius 1 is 1.26 bits per heavy atom. The zero-order chi connectivity index (χ0) is 13.4. The van der Waals surface area contributed by atoms with Gasteiger partial charge in [-0.15, -0.1) is 0 Å². The number of amides is 1. The summed E-state index contributed by atoms with van der Waals surface area (Å²) in [6.45, 7) is 1.67. The van der Waals surface area contributed by atoms with E-state index in [9.17, 15) is 4.79 Å². The normalized spacial score (nSPS) is 18.4. The third-order valence-corrected chi connectivity index (χ3v) is 4.01. The van der Waals surface area contributed by atoms with Crippen LogP contribution in [0.2, 0.25) is 5.02 Å². The maximum absolute atomic E-state index is 12.6. The zero-order valence-corrected chi connectivity index (χ0v) is 11.6. The first-order valence-electron chi connectivity index (χ1n) is 6.85. The number of halogens is 1. The first-order valence-corrected chi connectivity index (χ1v) is 7.22. The van der Waals surface area contributed by atoms with Gasteiger partial charge in [0.05, 0.1) is 5.02 Å². The van der Waals surface area contributed by atoms with Crippen LogP contribution in [0.25, 0.3) is 0 Å². The molecule has 19 heavy (non-hydrogen) atoms. The van der Waals surface area contributed by atoms with Gasteiger partial charge < -0.3 is 10.6 Å². The molecule has 0 spiro atoms. The summed E-state index contributed by atoms with van der Waals surface area (Å²) in [7, 11) is 0. The van der Waals surface area contributed by atoms with Crippen molar-refractivity contribution in [2.75, 3.05) is 18.8 Å². The van der Waals surface area contributed by atoms with E-state index in [-0.39, 0.29) is 5.91 Å². The van der Waals surface area contributed by atoms with E-state index < -0.39 is 0 Å². The van der Waals surface area contributed by atoms with Gasteiger partial charge in [0.1, 0.15) is 11.5 Å². The smallest absolute Gasteiger partial charge is 0.274 e. The molecule has 0 saturated heterocycles. The minimum atomic E-state index is -0.0731. The van der Waals surface area contributed by atoms with Crippen molar-refractivity contribution in [3.63, 3.8) is 0 Å². The highest BCUT2D eigenvalue weighted by molar-refractivity contribution is 6.33. The molecule has 2 fully saturated rings. The molecule has 4 nitrogen and oxygen atoms in total. The van der Waals surface area contributed by atoms with Gasteiger partial charge in [0.15, 0.2) is 0 Å². The van der Waals surface area contributed by atoms with Gasteiger partial charge >= 0.3 is 0 Å². The van der Waals surface area contributed by atoms with E-state index in [1.54, 1.807) is 12.1 Å². The molecule has 1 aromatic rings. The van der Waals surface area contributed by atoms with Crippen molar-refractivity contribution in [2.24, 2.45) is 11.8 Å². The van der Waals surface area contributed by atoms with Crippen molar-refractivity contribution in [2.45, 2.75) is 25.7 Å². The second-order valence-electron chi connectivity index (χ2n) is 5.66. The molecule has 0 aromatic carbocycles. The number of rotatable bonds is 5. The summed E-state index contributed by atoms with van der Waals surface area (Å²) in [4.78, 5) is 18.6. The van der Waals surface area contributed by atoms with E-state index in [4.69, 9.17) is 17.3 Å². The van der Waals surface area contributed by atoms with Crippen molar-refractivity contribution in [1.82, 2.24) is 9.88 Å². The SMILES string of the molecule is Nc1ccc(Cl)c(C(=O)N(CC2CC2)CC2CC2)n1. The lowest BCUT2D eigenvalue weighted by Crippen LogP contribution is -2.35. The average Bonchev–Trinajstić information content (AvgIpc) is 3.25. The Morgan fingerprint density at radius 3 is 2.37 bits per heavy atom. The number of nitrogens with two attached hydrogens (primary N) is 1. The van der Waals surface area contributed by atoms with Crippen molar-refractivity contribution in [3.8, 4) is 0 Å². The van der Waals surface area contributed by atoms with Crippen LogP contribution in [-0.2, 0) is 0 Å². The van der Waals surface area contributed by atoms with Crippen LogP contribution in [0.1, 0.15) is 36.2 Å². The van der Waals surface area contributed by atoms with Gasteiger partial charge in [-0.25, -0.2) is 4.98 Å². The molecule has 2 saturated carbocycles. The van der Waals surface area contributed by atoms with Crippen LogP contribution < -0.4 is 5.73 Å². The zero-order valence-electron chi connectivity index (χ0n) is 10.8. The Balaban J connectivity index is 1.78. The molecule has 0 aliphatic heterocycles. The summed E-state index contributed by atoms with van der Waals surface area (Å²) in [5, 5.41) is 0.385. The Kier molecular flexibility index (Phi) is 3.35. The van der Waals surface area contributed by atoms with Crippen molar-refractivity contribution in [3.05, 3.63) is 22.8 Å². The molecule has 1 aromatic heterocycles.